The van der Waals surface area contributed by atoms with Crippen LogP contribution in [0.1, 0.15) is 70.3 Å². The van der Waals surface area contributed by atoms with Crippen molar-refractivity contribution in [2.45, 2.75) is 71.9 Å². The summed E-state index contributed by atoms with van der Waals surface area (Å²) in [5.41, 5.74) is 1.20. The van der Waals surface area contributed by atoms with E-state index in [4.69, 9.17) is 9.73 Å². The fourth-order valence-electron chi connectivity index (χ4n) is 3.98. The molecular formula is C24H38N6O. The van der Waals surface area contributed by atoms with Gasteiger partial charge in [-0.05, 0) is 18.4 Å². The Morgan fingerprint density at radius 2 is 2.16 bits per heavy atom. The van der Waals surface area contributed by atoms with Crippen LogP contribution in [-0.2, 0) is 13.0 Å². The Hall–Kier alpha value is -2.57. The van der Waals surface area contributed by atoms with Crippen LogP contribution in [0.3, 0.4) is 0 Å². The topological polar surface area (TPSA) is 76.4 Å². The number of unbranched alkanes of at least 4 members (excludes halogenated alkanes) is 1. The van der Waals surface area contributed by atoms with Gasteiger partial charge in [-0.15, -0.1) is 10.2 Å². The van der Waals surface area contributed by atoms with Gasteiger partial charge in [0, 0.05) is 38.0 Å². The van der Waals surface area contributed by atoms with Gasteiger partial charge in [0.1, 0.15) is 17.9 Å². The summed E-state index contributed by atoms with van der Waals surface area (Å²) in [4.78, 5) is 4.99. The normalized spacial score (nSPS) is 17.0. The van der Waals surface area contributed by atoms with Crippen molar-refractivity contribution in [1.82, 2.24) is 25.4 Å². The lowest BCUT2D eigenvalue weighted by Crippen LogP contribution is -2.42. The monoisotopic (exact) mass is 426 g/mol. The summed E-state index contributed by atoms with van der Waals surface area (Å²) in [7, 11) is 0. The average Bonchev–Trinajstić information content (AvgIpc) is 3.26. The van der Waals surface area contributed by atoms with Crippen LogP contribution in [0, 0.1) is 5.92 Å². The number of benzene rings is 1. The van der Waals surface area contributed by atoms with Crippen molar-refractivity contribution in [3.63, 3.8) is 0 Å². The standard InChI is InChI=1S/C24H38N6O/c1-4-7-10-19(5-2)17-26-24(25-14-15-30-18-27-29-23(30)6-3)28-21-13-16-31-22-12-9-8-11-20(21)22/h8-9,11-12,18-19,21H,4-7,10,13-17H2,1-3H3,(H2,25,26,28). The Kier molecular flexibility index (Phi) is 9.18. The Balaban J connectivity index is 1.67. The van der Waals surface area contributed by atoms with E-state index in [2.05, 4.69) is 58.3 Å². The molecule has 1 aliphatic heterocycles. The van der Waals surface area contributed by atoms with E-state index in [0.717, 1.165) is 63.0 Å². The fraction of sp³-hybridized carbons (Fsp3) is 0.625. The molecule has 1 aromatic heterocycles. The second-order valence-corrected chi connectivity index (χ2v) is 8.20. The molecule has 2 unspecified atom stereocenters. The Morgan fingerprint density at radius 1 is 1.29 bits per heavy atom. The third-order valence-corrected chi connectivity index (χ3v) is 5.98. The number of para-hydroxylation sites is 1. The van der Waals surface area contributed by atoms with Crippen LogP contribution < -0.4 is 15.4 Å². The molecule has 7 heteroatoms. The molecule has 31 heavy (non-hydrogen) atoms. The van der Waals surface area contributed by atoms with Crippen LogP contribution >= 0.6 is 0 Å². The molecule has 2 N–H and O–H groups in total. The first-order chi connectivity index (χ1) is 15.2. The van der Waals surface area contributed by atoms with Crippen molar-refractivity contribution in [2.75, 3.05) is 19.7 Å². The SMILES string of the molecule is CCCCC(CC)CN=C(NCCn1cnnc1CC)NC1CCOc2ccccc21. The first-order valence-corrected chi connectivity index (χ1v) is 11.9. The smallest absolute Gasteiger partial charge is 0.191 e. The predicted molar refractivity (Wildman–Crippen MR) is 125 cm³/mol. The molecule has 170 valence electrons. The van der Waals surface area contributed by atoms with Gasteiger partial charge in [0.2, 0.25) is 0 Å². The van der Waals surface area contributed by atoms with Gasteiger partial charge in [-0.25, -0.2) is 0 Å². The number of aliphatic imine (C=N–C) groups is 1. The largest absolute Gasteiger partial charge is 0.493 e. The first kappa shape index (κ1) is 23.1. The molecule has 2 heterocycles. The molecule has 3 rings (SSSR count). The average molecular weight is 427 g/mol. The zero-order valence-electron chi connectivity index (χ0n) is 19.3. The minimum absolute atomic E-state index is 0.202. The maximum atomic E-state index is 5.83. The lowest BCUT2D eigenvalue weighted by Gasteiger charge is -2.28. The maximum Gasteiger partial charge on any atom is 0.191 e. The molecule has 2 aromatic rings. The van der Waals surface area contributed by atoms with E-state index < -0.39 is 0 Å². The number of nitrogens with zero attached hydrogens (tertiary/aromatic N) is 4. The highest BCUT2D eigenvalue weighted by Crippen LogP contribution is 2.31. The predicted octanol–water partition coefficient (Wildman–Crippen LogP) is 4.12. The van der Waals surface area contributed by atoms with Gasteiger partial charge in [0.25, 0.3) is 0 Å². The van der Waals surface area contributed by atoms with Crippen molar-refractivity contribution in [3.8, 4) is 5.75 Å². The highest BCUT2D eigenvalue weighted by molar-refractivity contribution is 5.80. The molecule has 0 radical (unpaired) electrons. The summed E-state index contributed by atoms with van der Waals surface area (Å²) in [6.07, 6.45) is 8.52. The van der Waals surface area contributed by atoms with Crippen LogP contribution in [0.2, 0.25) is 0 Å². The van der Waals surface area contributed by atoms with Gasteiger partial charge < -0.3 is 19.9 Å². The number of hydrogen-bond acceptors (Lipinski definition) is 4. The number of nitrogens with one attached hydrogen (secondary N) is 2. The number of aromatic nitrogens is 3. The van der Waals surface area contributed by atoms with E-state index in [1.807, 2.05) is 12.1 Å². The summed E-state index contributed by atoms with van der Waals surface area (Å²) < 4.78 is 7.93. The fourth-order valence-corrected chi connectivity index (χ4v) is 3.98. The highest BCUT2D eigenvalue weighted by Gasteiger charge is 2.22. The maximum absolute atomic E-state index is 5.83. The molecule has 1 aliphatic rings. The number of guanidine groups is 1. The van der Waals surface area contributed by atoms with E-state index in [-0.39, 0.29) is 6.04 Å². The molecule has 0 fully saturated rings. The van der Waals surface area contributed by atoms with Crippen molar-refractivity contribution < 1.29 is 4.74 Å². The molecule has 0 spiro atoms. The van der Waals surface area contributed by atoms with Gasteiger partial charge in [0.05, 0.1) is 12.6 Å². The molecule has 1 aromatic carbocycles. The molecule has 0 saturated heterocycles. The lowest BCUT2D eigenvalue weighted by molar-refractivity contribution is 0.261. The second-order valence-electron chi connectivity index (χ2n) is 8.20. The molecule has 2 atom stereocenters. The van der Waals surface area contributed by atoms with Gasteiger partial charge in [-0.2, -0.15) is 0 Å². The van der Waals surface area contributed by atoms with E-state index in [1.54, 1.807) is 6.33 Å². The summed E-state index contributed by atoms with van der Waals surface area (Å²) in [5.74, 6) is 3.49. The second kappa shape index (κ2) is 12.3. The quantitative estimate of drug-likeness (QED) is 0.418. The van der Waals surface area contributed by atoms with Crippen molar-refractivity contribution in [2.24, 2.45) is 10.9 Å². The zero-order valence-corrected chi connectivity index (χ0v) is 19.3. The number of rotatable bonds is 11. The number of aryl methyl sites for hydroxylation is 1. The molecule has 0 bridgehead atoms. The molecule has 0 amide bonds. The van der Waals surface area contributed by atoms with Crippen molar-refractivity contribution in [1.29, 1.82) is 0 Å². The van der Waals surface area contributed by atoms with Crippen LogP contribution in [-0.4, -0.2) is 40.4 Å². The van der Waals surface area contributed by atoms with Gasteiger partial charge in [0.15, 0.2) is 5.96 Å². The lowest BCUT2D eigenvalue weighted by atomic mass is 9.99. The Labute approximate surface area is 186 Å². The van der Waals surface area contributed by atoms with Gasteiger partial charge in [-0.3, -0.25) is 4.99 Å². The molecule has 0 saturated carbocycles. The van der Waals surface area contributed by atoms with Crippen molar-refractivity contribution in [3.05, 3.63) is 42.0 Å². The molecular weight excluding hydrogens is 388 g/mol. The van der Waals surface area contributed by atoms with Gasteiger partial charge >= 0.3 is 0 Å². The number of hydrogen-bond donors (Lipinski definition) is 2. The van der Waals surface area contributed by atoms with Gasteiger partial charge in [-0.1, -0.05) is 58.2 Å². The third-order valence-electron chi connectivity index (χ3n) is 5.98. The molecule has 7 nitrogen and oxygen atoms in total. The van der Waals surface area contributed by atoms with E-state index in [9.17, 15) is 0 Å². The number of ether oxygens (including phenoxy) is 1. The van der Waals surface area contributed by atoms with E-state index in [0.29, 0.717) is 5.92 Å². The minimum Gasteiger partial charge on any atom is -0.493 e. The van der Waals surface area contributed by atoms with Crippen molar-refractivity contribution >= 4 is 5.96 Å². The Bertz CT molecular complexity index is 818. The summed E-state index contributed by atoms with van der Waals surface area (Å²) in [5, 5.41) is 15.4. The summed E-state index contributed by atoms with van der Waals surface area (Å²) in [6, 6.07) is 8.49. The summed E-state index contributed by atoms with van der Waals surface area (Å²) in [6.45, 7) is 9.78. The van der Waals surface area contributed by atoms with Crippen LogP contribution in [0.5, 0.6) is 5.75 Å². The van der Waals surface area contributed by atoms with E-state index in [1.165, 1.54) is 24.8 Å². The Morgan fingerprint density at radius 3 is 2.97 bits per heavy atom. The van der Waals surface area contributed by atoms with Crippen LogP contribution in [0.25, 0.3) is 0 Å². The van der Waals surface area contributed by atoms with E-state index >= 15 is 0 Å². The highest BCUT2D eigenvalue weighted by atomic mass is 16.5. The summed E-state index contributed by atoms with van der Waals surface area (Å²) >= 11 is 0. The molecule has 0 aliphatic carbocycles. The first-order valence-electron chi connectivity index (χ1n) is 11.9. The van der Waals surface area contributed by atoms with Crippen LogP contribution in [0.15, 0.2) is 35.6 Å². The minimum atomic E-state index is 0.202. The van der Waals surface area contributed by atoms with Crippen LogP contribution in [0.4, 0.5) is 0 Å². The third kappa shape index (κ3) is 6.71. The zero-order chi connectivity index (χ0) is 21.9. The number of fused-ring (bicyclic) bond motifs is 1.